The minimum Gasteiger partial charge on any atom is -0.481 e. The second-order valence-electron chi connectivity index (χ2n) is 31.9. The van der Waals surface area contributed by atoms with Crippen molar-refractivity contribution in [2.24, 2.45) is 23.5 Å². The molecule has 3 aromatic carbocycles. The number of aromatic nitrogens is 4. The van der Waals surface area contributed by atoms with Crippen LogP contribution in [0.25, 0.3) is 21.8 Å². The summed E-state index contributed by atoms with van der Waals surface area (Å²) >= 11 is 0. The van der Waals surface area contributed by atoms with Crippen molar-refractivity contribution in [3.8, 4) is 0 Å². The molecule has 38 heteroatoms. The fraction of sp³-hybridized carbons (Fsp3) is 0.494. The Kier molecular flexibility index (Phi) is 34.2. The van der Waals surface area contributed by atoms with Gasteiger partial charge in [0.25, 0.3) is 0 Å². The summed E-state index contributed by atoms with van der Waals surface area (Å²) in [6.07, 6.45) is -0.0925. The molecule has 0 spiro atoms. The number of aliphatic carboxylic acids is 2. The minimum absolute atomic E-state index is 0.0668. The molecule has 6 aromatic rings. The lowest BCUT2D eigenvalue weighted by Gasteiger charge is -2.29. The first kappa shape index (κ1) is 93.6. The predicted molar refractivity (Wildman–Crippen MR) is 433 cm³/mol. The van der Waals surface area contributed by atoms with Crippen LogP contribution in [0.4, 0.5) is 0 Å². The van der Waals surface area contributed by atoms with Gasteiger partial charge in [-0.05, 0) is 106 Å². The summed E-state index contributed by atoms with van der Waals surface area (Å²) in [6.45, 7) is 16.1. The lowest BCUT2D eigenvalue weighted by atomic mass is 9.97. The number of carboxylic acid groups (broad SMARTS) is 2. The predicted octanol–water partition coefficient (Wildman–Crippen LogP) is -1.16. The maximum atomic E-state index is 15.3. The number of amides is 14. The average molecular weight is 1650 g/mol. The summed E-state index contributed by atoms with van der Waals surface area (Å²) in [5.74, 6) is -18.5. The van der Waals surface area contributed by atoms with Crippen molar-refractivity contribution in [1.82, 2.24) is 94.4 Å². The number of hydrogen-bond donors (Lipinski definition) is 21. The normalized spacial score (nSPS) is 22.3. The van der Waals surface area contributed by atoms with Gasteiger partial charge in [-0.3, -0.25) is 76.7 Å². The van der Waals surface area contributed by atoms with E-state index in [1.54, 1.807) is 135 Å². The maximum Gasteiger partial charge on any atom is 0.305 e. The number of carbonyl (C=O) groups is 16. The van der Waals surface area contributed by atoms with E-state index in [2.05, 4.69) is 94.4 Å². The fourth-order valence-corrected chi connectivity index (χ4v) is 13.5. The second kappa shape index (κ2) is 43.6. The molecular weight excluding hydrogens is 1540 g/mol. The van der Waals surface area contributed by atoms with Gasteiger partial charge in [0.1, 0.15) is 66.5 Å². The Hall–Kier alpha value is -12.6. The van der Waals surface area contributed by atoms with E-state index < -0.39 is 230 Å². The second-order valence-corrected chi connectivity index (χ2v) is 31.9. The number of nitrogens with one attached hydrogen (secondary N) is 17. The van der Waals surface area contributed by atoms with Gasteiger partial charge in [-0.15, -0.1) is 0 Å². The number of fused-ring (bicyclic) bond motifs is 3. The number of nitrogens with zero attached hydrogens (tertiary/aromatic N) is 1. The first-order valence-corrected chi connectivity index (χ1v) is 39.3. The number of primary amides is 1. The van der Waals surface area contributed by atoms with Gasteiger partial charge in [-0.25, -0.2) is 4.98 Å². The smallest absolute Gasteiger partial charge is 0.305 e. The van der Waals surface area contributed by atoms with Crippen LogP contribution in [0.3, 0.4) is 0 Å². The summed E-state index contributed by atoms with van der Waals surface area (Å²) in [6, 6.07) is 0.774. The molecule has 0 radical (unpaired) electrons. The number of aliphatic hydroxyl groups excluding tert-OH is 1. The standard InChI is InChI=1S/C81H111N19O19/c1-40(2)26-55-71(110)87-38-64(103)90-54(24-25-65(104)105)72(111)93-56(27-41(3)4)77(116)98-67(42(5)6)80(119)97-59(30-48-36-85-53-23-17-15-21-51(48)53)75(114)94-57(78(117)99-68(44(8)101)69(82)108)28-45-18-12-13-19-46(45)34-86-63(102)32-61(96-79(118)62(33-66(106)107)100-81(9,10)11)73(112)89-43(7)70(109)91-58(29-47-35-84-52-22-16-14-20-50(47)52)74(113)95-60(76(115)92-55)31-49-37-83-39-88-49/h12-23,35-37,39-44,54-62,67-68,84-85,100-101H,24-34,38H2,1-11H3,(H2,82,108)(H,83,88)(H,86,102)(H,87,110)(H,89,112)(H,90,103)(H,91,109)(H,92,115)(H,93,111)(H,94,114)(H,95,113)(H,96,118)(H,97,119)(H,98,116)(H,99,117)(H,104,105)(H,106,107)/t43-,44+,54-,55-,56-,57-,58-,59-,60-,61-,62-,67-,68-/m0/s1. The number of imidazole rings is 1. The van der Waals surface area contributed by atoms with Crippen molar-refractivity contribution >= 4 is 116 Å². The molecule has 22 N–H and O–H groups in total. The summed E-state index contributed by atoms with van der Waals surface area (Å²) in [4.78, 5) is 241. The van der Waals surface area contributed by atoms with Gasteiger partial charge in [0, 0.05) is 84.6 Å². The largest absolute Gasteiger partial charge is 0.481 e. The highest BCUT2D eigenvalue weighted by Crippen LogP contribution is 2.23. The van der Waals surface area contributed by atoms with Crippen molar-refractivity contribution in [2.75, 3.05) is 6.54 Å². The number of rotatable bonds is 23. The Balaban J connectivity index is 1.33. The van der Waals surface area contributed by atoms with E-state index in [1.807, 2.05) is 0 Å². The van der Waals surface area contributed by atoms with Crippen LogP contribution in [0, 0.1) is 17.8 Å². The van der Waals surface area contributed by atoms with Crippen LogP contribution in [-0.2, 0) is 109 Å². The number of nitrogens with two attached hydrogens (primary N) is 1. The zero-order chi connectivity index (χ0) is 87.7. The fourth-order valence-electron chi connectivity index (χ4n) is 13.5. The zero-order valence-corrected chi connectivity index (χ0v) is 68.4. The third-order valence-corrected chi connectivity index (χ3v) is 19.5. The van der Waals surface area contributed by atoms with Crippen LogP contribution in [0.15, 0.2) is 97.7 Å². The molecule has 4 heterocycles. The number of aromatic amines is 3. The molecule has 14 amide bonds. The van der Waals surface area contributed by atoms with Crippen LogP contribution < -0.4 is 80.2 Å². The highest BCUT2D eigenvalue weighted by Gasteiger charge is 2.40. The molecule has 0 aliphatic carbocycles. The molecule has 38 nitrogen and oxygen atoms in total. The van der Waals surface area contributed by atoms with Crippen molar-refractivity contribution in [3.63, 3.8) is 0 Å². The monoisotopic (exact) mass is 1650 g/mol. The number of benzene rings is 3. The number of para-hydroxylation sites is 2. The van der Waals surface area contributed by atoms with Gasteiger partial charge in [-0.2, -0.15) is 0 Å². The summed E-state index contributed by atoms with van der Waals surface area (Å²) in [7, 11) is 0. The number of aliphatic hydroxyl groups is 1. The molecule has 0 bridgehead atoms. The van der Waals surface area contributed by atoms with Gasteiger partial charge < -0.3 is 110 Å². The number of carbonyl (C=O) groups excluding carboxylic acids is 14. The first-order chi connectivity index (χ1) is 56.1. The van der Waals surface area contributed by atoms with Crippen molar-refractivity contribution in [3.05, 3.63) is 126 Å². The van der Waals surface area contributed by atoms with Crippen LogP contribution in [0.5, 0.6) is 0 Å². The Morgan fingerprint density at radius 3 is 1.58 bits per heavy atom. The summed E-state index contributed by atoms with van der Waals surface area (Å²) in [5.41, 5.74) is 7.76. The maximum absolute atomic E-state index is 15.3. The molecule has 119 heavy (non-hydrogen) atoms. The highest BCUT2D eigenvalue weighted by atomic mass is 16.4. The zero-order valence-electron chi connectivity index (χ0n) is 68.4. The summed E-state index contributed by atoms with van der Waals surface area (Å²) < 4.78 is 0. The number of hydrogen-bond acceptors (Lipinski definition) is 19. The molecule has 0 unspecified atom stereocenters. The molecular formula is C81H111N19O19. The van der Waals surface area contributed by atoms with Gasteiger partial charge in [-0.1, -0.05) is 102 Å². The number of carboxylic acids is 2. The Bertz CT molecular complexity index is 4630. The van der Waals surface area contributed by atoms with Gasteiger partial charge >= 0.3 is 11.9 Å². The van der Waals surface area contributed by atoms with Crippen molar-refractivity contribution in [2.45, 2.75) is 231 Å². The number of H-pyrrole nitrogens is 3. The van der Waals surface area contributed by atoms with E-state index in [1.165, 1.54) is 38.5 Å². The molecule has 13 atom stereocenters. The summed E-state index contributed by atoms with van der Waals surface area (Å²) in [5, 5.41) is 68.4. The third kappa shape index (κ3) is 28.9. The Morgan fingerprint density at radius 1 is 0.538 bits per heavy atom. The highest BCUT2D eigenvalue weighted by molar-refractivity contribution is 6.01. The third-order valence-electron chi connectivity index (χ3n) is 19.5. The van der Waals surface area contributed by atoms with Crippen LogP contribution in [0.2, 0.25) is 0 Å². The molecule has 1 aliphatic rings. The van der Waals surface area contributed by atoms with Gasteiger partial charge in [0.15, 0.2) is 0 Å². The molecule has 1 aliphatic heterocycles. The Labute approximate surface area is 686 Å². The topological polar surface area (TPSA) is 589 Å². The first-order valence-electron chi connectivity index (χ1n) is 39.3. The molecule has 0 fully saturated rings. The Morgan fingerprint density at radius 2 is 1.05 bits per heavy atom. The van der Waals surface area contributed by atoms with E-state index in [0.29, 0.717) is 32.9 Å². The van der Waals surface area contributed by atoms with Crippen molar-refractivity contribution in [1.29, 1.82) is 0 Å². The van der Waals surface area contributed by atoms with Crippen LogP contribution >= 0.6 is 0 Å². The van der Waals surface area contributed by atoms with E-state index in [4.69, 9.17) is 5.73 Å². The van der Waals surface area contributed by atoms with E-state index in [-0.39, 0.29) is 60.8 Å². The van der Waals surface area contributed by atoms with Gasteiger partial charge in [0.05, 0.1) is 43.6 Å². The molecule has 644 valence electrons. The van der Waals surface area contributed by atoms with E-state index in [0.717, 1.165) is 0 Å². The minimum atomic E-state index is -1.89. The average Bonchev–Trinajstić information content (AvgIpc) is 1.62. The SMILES string of the molecule is CC(C)C[C@@H]1NC(=O)[C@H](Cc2c[nH]cn2)NC(=O)[C@H](Cc2c[nH]c3ccccc23)NC(=O)[C@H](C)NC(=O)[C@@H](NC(=O)[C@H](CC(=O)O)NC(C)(C)C)CC(=O)NCc2ccccc2C[C@@H](C(=O)N[C@H](C(N)=O)[C@@H](C)O)NC(=O)[C@H](Cc2c[nH]c3ccccc23)NC(=O)[C@H](C(C)C)NC(=O)[C@H](CC(C)C)NC(=O)[C@H](CCC(=O)O)NC(=O)CNC1=O. The van der Waals surface area contributed by atoms with Crippen molar-refractivity contribution < 1.29 is 92.0 Å². The molecule has 0 saturated heterocycles. The molecule has 7 rings (SSSR count). The van der Waals surface area contributed by atoms with E-state index >= 15 is 14.4 Å². The van der Waals surface area contributed by atoms with Crippen LogP contribution in [-0.4, -0.2) is 221 Å². The lowest BCUT2D eigenvalue weighted by Crippen LogP contribution is -2.61. The van der Waals surface area contributed by atoms with E-state index in [9.17, 15) is 77.6 Å². The van der Waals surface area contributed by atoms with Gasteiger partial charge in [0.2, 0.25) is 82.7 Å². The lowest BCUT2D eigenvalue weighted by molar-refractivity contribution is -0.141. The molecule has 3 aromatic heterocycles. The quantitative estimate of drug-likeness (QED) is 0.0360. The van der Waals surface area contributed by atoms with Crippen LogP contribution in [0.1, 0.15) is 143 Å². The molecule has 0 saturated carbocycles.